The molecular formula is C32H23F3O4. The predicted octanol–water partition coefficient (Wildman–Crippen LogP) is 7.06. The van der Waals surface area contributed by atoms with Crippen molar-refractivity contribution in [3.8, 4) is 0 Å². The number of esters is 2. The maximum atomic E-state index is 13.3. The fraction of sp³-hybridized carbons (Fsp3) is 0.188. The molecule has 39 heavy (non-hydrogen) atoms. The van der Waals surface area contributed by atoms with Crippen LogP contribution in [-0.4, -0.2) is 24.1 Å². The van der Waals surface area contributed by atoms with Crippen LogP contribution in [-0.2, 0) is 15.7 Å². The van der Waals surface area contributed by atoms with E-state index in [1.165, 1.54) is 0 Å². The Bertz CT molecular complexity index is 1510. The second kappa shape index (κ2) is 9.42. The van der Waals surface area contributed by atoms with Crippen molar-refractivity contribution in [1.29, 1.82) is 0 Å². The smallest absolute Gasteiger partial charge is 0.416 e. The van der Waals surface area contributed by atoms with Crippen LogP contribution in [0.4, 0.5) is 13.2 Å². The zero-order valence-corrected chi connectivity index (χ0v) is 20.8. The SMILES string of the molecule is Cc1ccc(C(=O)OC2C3c4ccccc4C(c4ccccc43)C2OC(=O)c2ccc(C(F)(F)F)cc2)cc1. The van der Waals surface area contributed by atoms with Crippen LogP contribution < -0.4 is 0 Å². The standard InChI is InChI=1S/C32H23F3O4/c1-18-10-12-19(13-11-18)30(36)38-28-26-22-6-2-4-8-24(22)27(25-9-5-3-7-23(25)26)29(28)39-31(37)20-14-16-21(17-15-20)32(33,34)35/h2-17,26-29H,1H3. The molecule has 7 heteroatoms. The number of rotatable bonds is 4. The molecule has 0 heterocycles. The van der Waals surface area contributed by atoms with Crippen LogP contribution >= 0.6 is 0 Å². The van der Waals surface area contributed by atoms with E-state index >= 15 is 0 Å². The Morgan fingerprint density at radius 1 is 0.590 bits per heavy atom. The average molecular weight is 529 g/mol. The van der Waals surface area contributed by atoms with Gasteiger partial charge in [0, 0.05) is 0 Å². The first kappa shape index (κ1) is 24.9. The molecule has 4 aromatic carbocycles. The van der Waals surface area contributed by atoms with E-state index in [2.05, 4.69) is 0 Å². The summed E-state index contributed by atoms with van der Waals surface area (Å²) < 4.78 is 51.3. The molecule has 0 N–H and O–H groups in total. The van der Waals surface area contributed by atoms with Crippen molar-refractivity contribution < 1.29 is 32.2 Å². The Balaban J connectivity index is 1.40. The van der Waals surface area contributed by atoms with Gasteiger partial charge in [0.1, 0.15) is 0 Å². The third kappa shape index (κ3) is 4.38. The minimum Gasteiger partial charge on any atom is -0.454 e. The van der Waals surface area contributed by atoms with Crippen molar-refractivity contribution in [2.75, 3.05) is 0 Å². The lowest BCUT2D eigenvalue weighted by molar-refractivity contribution is -0.137. The Hall–Kier alpha value is -4.39. The highest BCUT2D eigenvalue weighted by molar-refractivity contribution is 5.91. The Morgan fingerprint density at radius 2 is 0.949 bits per heavy atom. The molecular weight excluding hydrogens is 505 g/mol. The van der Waals surface area contributed by atoms with Gasteiger partial charge in [0.05, 0.1) is 28.5 Å². The molecule has 0 spiro atoms. The van der Waals surface area contributed by atoms with Crippen molar-refractivity contribution in [2.45, 2.75) is 37.1 Å². The second-order valence-corrected chi connectivity index (χ2v) is 9.89. The van der Waals surface area contributed by atoms with Crippen molar-refractivity contribution in [2.24, 2.45) is 0 Å². The number of fused-ring (bicyclic) bond motifs is 1. The largest absolute Gasteiger partial charge is 0.454 e. The second-order valence-electron chi connectivity index (χ2n) is 9.89. The van der Waals surface area contributed by atoms with Gasteiger partial charge in [-0.05, 0) is 65.6 Å². The average Bonchev–Trinajstić information content (AvgIpc) is 2.94. The lowest BCUT2D eigenvalue weighted by Crippen LogP contribution is -2.51. The number of alkyl halides is 3. The molecule has 3 aliphatic carbocycles. The van der Waals surface area contributed by atoms with Gasteiger partial charge in [-0.15, -0.1) is 0 Å². The Morgan fingerprint density at radius 3 is 1.31 bits per heavy atom. The number of ether oxygens (including phenoxy) is 2. The van der Waals surface area contributed by atoms with E-state index in [1.807, 2.05) is 67.6 Å². The number of halogens is 3. The van der Waals surface area contributed by atoms with E-state index in [0.717, 1.165) is 52.1 Å². The van der Waals surface area contributed by atoms with Crippen LogP contribution in [0.1, 0.15) is 65.9 Å². The molecule has 0 saturated heterocycles. The molecule has 0 amide bonds. The number of carbonyl (C=O) groups excluding carboxylic acids is 2. The van der Waals surface area contributed by atoms with E-state index in [1.54, 1.807) is 12.1 Å². The zero-order chi connectivity index (χ0) is 27.3. The van der Waals surface area contributed by atoms with Crippen LogP contribution in [0.15, 0.2) is 97.1 Å². The number of benzene rings is 4. The molecule has 2 bridgehead atoms. The number of hydrogen-bond donors (Lipinski definition) is 0. The summed E-state index contributed by atoms with van der Waals surface area (Å²) in [7, 11) is 0. The molecule has 4 nitrogen and oxygen atoms in total. The van der Waals surface area contributed by atoms with Crippen molar-refractivity contribution in [3.63, 3.8) is 0 Å². The Kier molecular flexibility index (Phi) is 6.02. The van der Waals surface area contributed by atoms with Gasteiger partial charge in [-0.25, -0.2) is 9.59 Å². The quantitative estimate of drug-likeness (QED) is 0.266. The van der Waals surface area contributed by atoms with Crippen molar-refractivity contribution >= 4 is 11.9 Å². The van der Waals surface area contributed by atoms with E-state index in [0.29, 0.717) is 5.56 Å². The van der Waals surface area contributed by atoms with E-state index in [-0.39, 0.29) is 11.5 Å². The van der Waals surface area contributed by atoms with Crippen molar-refractivity contribution in [1.82, 2.24) is 0 Å². The molecule has 0 aromatic heterocycles. The van der Waals surface area contributed by atoms with Crippen LogP contribution in [0, 0.1) is 6.92 Å². The molecule has 196 valence electrons. The van der Waals surface area contributed by atoms with E-state index < -0.39 is 41.8 Å². The predicted molar refractivity (Wildman–Crippen MR) is 138 cm³/mol. The highest BCUT2D eigenvalue weighted by Crippen LogP contribution is 2.54. The third-order valence-corrected chi connectivity index (χ3v) is 7.53. The molecule has 0 saturated carbocycles. The van der Waals surface area contributed by atoms with Gasteiger partial charge in [0.2, 0.25) is 0 Å². The molecule has 2 unspecified atom stereocenters. The van der Waals surface area contributed by atoms with Gasteiger partial charge in [0.25, 0.3) is 0 Å². The summed E-state index contributed by atoms with van der Waals surface area (Å²) in [5, 5.41) is 0. The fourth-order valence-electron chi connectivity index (χ4n) is 5.72. The van der Waals surface area contributed by atoms with E-state index in [4.69, 9.17) is 9.47 Å². The van der Waals surface area contributed by atoms with Crippen molar-refractivity contribution in [3.05, 3.63) is 142 Å². The first-order valence-electron chi connectivity index (χ1n) is 12.6. The minimum absolute atomic E-state index is 0.0189. The Labute approximate surface area is 223 Å². The summed E-state index contributed by atoms with van der Waals surface area (Å²) >= 11 is 0. The highest BCUT2D eigenvalue weighted by atomic mass is 19.4. The first-order valence-corrected chi connectivity index (χ1v) is 12.6. The molecule has 0 fully saturated rings. The summed E-state index contributed by atoms with van der Waals surface area (Å²) in [4.78, 5) is 26.6. The molecule has 2 atom stereocenters. The maximum absolute atomic E-state index is 13.3. The van der Waals surface area contributed by atoms with Crippen LogP contribution in [0.2, 0.25) is 0 Å². The van der Waals surface area contributed by atoms with E-state index in [9.17, 15) is 22.8 Å². The monoisotopic (exact) mass is 528 g/mol. The summed E-state index contributed by atoms with van der Waals surface area (Å²) in [5.74, 6) is -2.13. The summed E-state index contributed by atoms with van der Waals surface area (Å²) in [6.45, 7) is 1.92. The lowest BCUT2D eigenvalue weighted by atomic mass is 9.61. The van der Waals surface area contributed by atoms with Gasteiger partial charge in [-0.3, -0.25) is 0 Å². The number of aryl methyl sites for hydroxylation is 1. The molecule has 3 aliphatic rings. The number of carbonyl (C=O) groups is 2. The fourth-order valence-corrected chi connectivity index (χ4v) is 5.72. The van der Waals surface area contributed by atoms with Crippen LogP contribution in [0.3, 0.4) is 0 Å². The normalized spacial score (nSPS) is 21.0. The van der Waals surface area contributed by atoms with Crippen LogP contribution in [0.5, 0.6) is 0 Å². The molecule has 4 aromatic rings. The number of hydrogen-bond acceptors (Lipinski definition) is 4. The highest BCUT2D eigenvalue weighted by Gasteiger charge is 2.53. The maximum Gasteiger partial charge on any atom is 0.416 e. The topological polar surface area (TPSA) is 52.6 Å². The first-order chi connectivity index (χ1) is 18.7. The van der Waals surface area contributed by atoms with Gasteiger partial charge in [-0.1, -0.05) is 66.2 Å². The summed E-state index contributed by atoms with van der Waals surface area (Å²) in [6, 6.07) is 26.5. The summed E-state index contributed by atoms with van der Waals surface area (Å²) in [5.41, 5.74) is 4.40. The molecule has 0 aliphatic heterocycles. The van der Waals surface area contributed by atoms with Gasteiger partial charge in [0.15, 0.2) is 12.2 Å². The molecule has 7 rings (SSSR count). The van der Waals surface area contributed by atoms with Gasteiger partial charge < -0.3 is 9.47 Å². The summed E-state index contributed by atoms with van der Waals surface area (Å²) in [6.07, 6.45) is -6.25. The lowest BCUT2D eigenvalue weighted by Gasteiger charge is -2.49. The van der Waals surface area contributed by atoms with Gasteiger partial charge in [-0.2, -0.15) is 13.2 Å². The minimum atomic E-state index is -4.52. The van der Waals surface area contributed by atoms with Crippen LogP contribution in [0.25, 0.3) is 0 Å². The van der Waals surface area contributed by atoms with Gasteiger partial charge >= 0.3 is 18.1 Å². The molecule has 0 radical (unpaired) electrons. The third-order valence-electron chi connectivity index (χ3n) is 7.53. The zero-order valence-electron chi connectivity index (χ0n) is 20.8.